The molecule has 0 radical (unpaired) electrons. The highest BCUT2D eigenvalue weighted by molar-refractivity contribution is 5.36. The molecule has 0 N–H and O–H groups in total. The predicted octanol–water partition coefficient (Wildman–Crippen LogP) is 0.189. The second-order valence-electron chi connectivity index (χ2n) is 2.22. The first-order valence-electron chi connectivity index (χ1n) is 3.00. The zero-order chi connectivity index (χ0) is 7.40. The van der Waals surface area contributed by atoms with E-state index in [1.807, 2.05) is 0 Å². The molecule has 0 atom stereocenters. The Balaban J connectivity index is 2.30. The molecule has 1 aliphatic carbocycles. The van der Waals surface area contributed by atoms with Gasteiger partial charge in [-0.3, -0.25) is 0 Å². The van der Waals surface area contributed by atoms with Gasteiger partial charge in [-0.1, -0.05) is 0 Å². The van der Waals surface area contributed by atoms with Gasteiger partial charge in [0.1, 0.15) is 0 Å². The van der Waals surface area contributed by atoms with Crippen molar-refractivity contribution in [2.75, 3.05) is 0 Å². The minimum Gasteiger partial charge on any atom is -0.211 e. The fraction of sp³-hybridized carbons (Fsp3) is 0.667. The van der Waals surface area contributed by atoms with E-state index in [-0.39, 0.29) is 12.1 Å². The Bertz CT molecular complexity index is 186. The van der Waals surface area contributed by atoms with Crippen LogP contribution in [0.4, 0.5) is 0 Å². The predicted molar refractivity (Wildman–Crippen MR) is 33.1 cm³/mol. The molecule has 0 heterocycles. The third-order valence-corrected chi connectivity index (χ3v) is 1.56. The quantitative estimate of drug-likeness (QED) is 0.404. The molecule has 1 fully saturated rings. The summed E-state index contributed by atoms with van der Waals surface area (Å²) in [4.78, 5) is 26.3. The van der Waals surface area contributed by atoms with Gasteiger partial charge in [-0.2, -0.15) is 0 Å². The van der Waals surface area contributed by atoms with E-state index >= 15 is 0 Å². The molecule has 4 heteroatoms. The SMILES string of the molecule is O=C=NC1CC(N=C=O)C1. The Labute approximate surface area is 57.7 Å². The average molecular weight is 138 g/mol. The molecule has 1 aliphatic rings. The first-order valence-corrected chi connectivity index (χ1v) is 3.00. The molecule has 0 unspecified atom stereocenters. The summed E-state index contributed by atoms with van der Waals surface area (Å²) in [6.45, 7) is 0. The highest BCUT2D eigenvalue weighted by atomic mass is 16.1. The van der Waals surface area contributed by atoms with Crippen LogP contribution in [-0.4, -0.2) is 24.2 Å². The summed E-state index contributed by atoms with van der Waals surface area (Å²) >= 11 is 0. The molecule has 52 valence electrons. The van der Waals surface area contributed by atoms with Crippen LogP contribution in [0.5, 0.6) is 0 Å². The minimum atomic E-state index is 0.0413. The third kappa shape index (κ3) is 1.38. The number of nitrogens with zero attached hydrogens (tertiary/aromatic N) is 2. The monoisotopic (exact) mass is 138 g/mol. The maximum absolute atomic E-state index is 9.67. The van der Waals surface area contributed by atoms with Gasteiger partial charge in [-0.15, -0.1) is 0 Å². The fourth-order valence-electron chi connectivity index (χ4n) is 0.919. The summed E-state index contributed by atoms with van der Waals surface area (Å²) in [5, 5.41) is 0. The molecule has 0 aliphatic heterocycles. The molecule has 10 heavy (non-hydrogen) atoms. The molecule has 0 bridgehead atoms. The molecule has 0 spiro atoms. The van der Waals surface area contributed by atoms with E-state index in [9.17, 15) is 9.59 Å². The second-order valence-corrected chi connectivity index (χ2v) is 2.22. The van der Waals surface area contributed by atoms with Crippen molar-refractivity contribution in [3.05, 3.63) is 0 Å². The van der Waals surface area contributed by atoms with Crippen molar-refractivity contribution in [1.29, 1.82) is 0 Å². The maximum Gasteiger partial charge on any atom is 0.235 e. The molecule has 0 amide bonds. The van der Waals surface area contributed by atoms with E-state index in [0.29, 0.717) is 12.8 Å². The number of aliphatic imine (C=N–C) groups is 2. The normalized spacial score (nSPS) is 29.2. The average Bonchev–Trinajstić information content (AvgIpc) is 1.84. The lowest BCUT2D eigenvalue weighted by atomic mass is 9.88. The van der Waals surface area contributed by atoms with Gasteiger partial charge in [-0.05, 0) is 12.8 Å². The van der Waals surface area contributed by atoms with Gasteiger partial charge in [0.2, 0.25) is 12.2 Å². The van der Waals surface area contributed by atoms with Crippen molar-refractivity contribution in [2.24, 2.45) is 9.98 Å². The van der Waals surface area contributed by atoms with E-state index in [0.717, 1.165) is 0 Å². The Morgan fingerprint density at radius 1 is 1.00 bits per heavy atom. The van der Waals surface area contributed by atoms with Crippen LogP contribution in [0.2, 0.25) is 0 Å². The van der Waals surface area contributed by atoms with E-state index in [2.05, 4.69) is 9.98 Å². The molecule has 1 saturated carbocycles. The second kappa shape index (κ2) is 3.06. The number of isocyanates is 2. The summed E-state index contributed by atoms with van der Waals surface area (Å²) in [7, 11) is 0. The molecule has 0 aromatic heterocycles. The first kappa shape index (κ1) is 6.87. The molecule has 0 aromatic carbocycles. The number of carbonyl (C=O) groups excluding carboxylic acids is 2. The van der Waals surface area contributed by atoms with Crippen molar-refractivity contribution in [1.82, 2.24) is 0 Å². The van der Waals surface area contributed by atoms with E-state index < -0.39 is 0 Å². The lowest BCUT2D eigenvalue weighted by Crippen LogP contribution is -2.30. The van der Waals surface area contributed by atoms with Gasteiger partial charge in [0.25, 0.3) is 0 Å². The van der Waals surface area contributed by atoms with E-state index in [1.54, 1.807) is 0 Å². The van der Waals surface area contributed by atoms with Crippen molar-refractivity contribution in [3.8, 4) is 0 Å². The largest absolute Gasteiger partial charge is 0.235 e. The Morgan fingerprint density at radius 2 is 1.40 bits per heavy atom. The standard InChI is InChI=1S/C6H6N2O2/c9-3-7-5-1-6(2-5)8-4-10/h5-6H,1-2H2. The van der Waals surface area contributed by atoms with Gasteiger partial charge in [0.05, 0.1) is 12.1 Å². The van der Waals surface area contributed by atoms with Crippen molar-refractivity contribution in [3.63, 3.8) is 0 Å². The van der Waals surface area contributed by atoms with Crippen LogP contribution >= 0.6 is 0 Å². The number of rotatable bonds is 2. The van der Waals surface area contributed by atoms with Crippen molar-refractivity contribution >= 4 is 12.2 Å². The Morgan fingerprint density at radius 3 is 1.70 bits per heavy atom. The summed E-state index contributed by atoms with van der Waals surface area (Å²) < 4.78 is 0. The van der Waals surface area contributed by atoms with E-state index in [4.69, 9.17) is 0 Å². The molecule has 4 nitrogen and oxygen atoms in total. The van der Waals surface area contributed by atoms with Crippen LogP contribution in [0.1, 0.15) is 12.8 Å². The first-order chi connectivity index (χ1) is 4.86. The lowest BCUT2D eigenvalue weighted by Gasteiger charge is -2.26. The molecule has 0 aromatic rings. The lowest BCUT2D eigenvalue weighted by molar-refractivity contribution is 0.353. The van der Waals surface area contributed by atoms with Gasteiger partial charge in [-0.25, -0.2) is 19.6 Å². The number of hydrogen-bond acceptors (Lipinski definition) is 4. The van der Waals surface area contributed by atoms with Gasteiger partial charge in [0, 0.05) is 0 Å². The Kier molecular flexibility index (Phi) is 2.11. The highest BCUT2D eigenvalue weighted by Crippen LogP contribution is 2.25. The molecule has 0 saturated heterocycles. The smallest absolute Gasteiger partial charge is 0.211 e. The van der Waals surface area contributed by atoms with E-state index in [1.165, 1.54) is 12.2 Å². The van der Waals surface area contributed by atoms with Gasteiger partial charge >= 0.3 is 0 Å². The molecule has 1 rings (SSSR count). The number of hydrogen-bond donors (Lipinski definition) is 0. The van der Waals surface area contributed by atoms with Crippen LogP contribution in [-0.2, 0) is 9.59 Å². The summed E-state index contributed by atoms with van der Waals surface area (Å²) in [6, 6.07) is 0.0826. The Hall–Kier alpha value is -1.24. The summed E-state index contributed by atoms with van der Waals surface area (Å²) in [6.07, 6.45) is 4.30. The van der Waals surface area contributed by atoms with Crippen LogP contribution in [0.3, 0.4) is 0 Å². The van der Waals surface area contributed by atoms with Gasteiger partial charge < -0.3 is 0 Å². The zero-order valence-electron chi connectivity index (χ0n) is 5.28. The van der Waals surface area contributed by atoms with Crippen LogP contribution < -0.4 is 0 Å². The van der Waals surface area contributed by atoms with Gasteiger partial charge in [0.15, 0.2) is 0 Å². The van der Waals surface area contributed by atoms with Crippen LogP contribution in [0.15, 0.2) is 9.98 Å². The summed E-state index contributed by atoms with van der Waals surface area (Å²) in [5.74, 6) is 0. The van der Waals surface area contributed by atoms with Crippen LogP contribution in [0.25, 0.3) is 0 Å². The molecular weight excluding hydrogens is 132 g/mol. The minimum absolute atomic E-state index is 0.0413. The molecular formula is C6H6N2O2. The summed E-state index contributed by atoms with van der Waals surface area (Å²) in [5.41, 5.74) is 0. The fourth-order valence-corrected chi connectivity index (χ4v) is 0.919. The third-order valence-electron chi connectivity index (χ3n) is 1.56. The van der Waals surface area contributed by atoms with Crippen molar-refractivity contribution in [2.45, 2.75) is 24.9 Å². The topological polar surface area (TPSA) is 58.9 Å². The maximum atomic E-state index is 9.67. The van der Waals surface area contributed by atoms with Crippen molar-refractivity contribution < 1.29 is 9.59 Å². The zero-order valence-corrected chi connectivity index (χ0v) is 5.28. The van der Waals surface area contributed by atoms with Crippen LogP contribution in [0, 0.1) is 0 Å². The highest BCUT2D eigenvalue weighted by Gasteiger charge is 2.28.